The number of hydrogen-bond donors (Lipinski definition) is 0. The van der Waals surface area contributed by atoms with Crippen LogP contribution in [-0.4, -0.2) is 29.3 Å². The lowest BCUT2D eigenvalue weighted by atomic mass is 10.2. The Kier molecular flexibility index (Phi) is 2.40. The predicted octanol–water partition coefficient (Wildman–Crippen LogP) is 0.953. The Morgan fingerprint density at radius 3 is 3.15 bits per heavy atom. The van der Waals surface area contributed by atoms with E-state index in [0.717, 1.165) is 18.9 Å². The van der Waals surface area contributed by atoms with E-state index in [9.17, 15) is 0 Å². The largest absolute Gasteiger partial charge is 0.475 e. The highest BCUT2D eigenvalue weighted by atomic mass is 16.5. The van der Waals surface area contributed by atoms with Crippen LogP contribution in [0.3, 0.4) is 0 Å². The Bertz CT molecular complexity index is 287. The molecule has 1 unspecified atom stereocenters. The first-order chi connectivity index (χ1) is 6.34. The molecular weight excluding hydrogens is 168 g/mol. The average molecular weight is 180 g/mol. The lowest BCUT2D eigenvalue weighted by Crippen LogP contribution is -2.32. The molecule has 0 aliphatic carbocycles. The molecule has 70 valence electrons. The van der Waals surface area contributed by atoms with E-state index in [1.807, 2.05) is 6.92 Å². The van der Waals surface area contributed by atoms with E-state index in [4.69, 9.17) is 9.47 Å². The molecule has 1 aromatic rings. The topological polar surface area (TPSA) is 44.2 Å². The smallest absolute Gasteiger partial charge is 0.216 e. The molecule has 0 amide bonds. The zero-order valence-corrected chi connectivity index (χ0v) is 7.56. The molecule has 1 aliphatic heterocycles. The second-order valence-electron chi connectivity index (χ2n) is 3.03. The summed E-state index contributed by atoms with van der Waals surface area (Å²) in [7, 11) is 0. The minimum Gasteiger partial charge on any atom is -0.475 e. The Hall–Kier alpha value is -1.16. The molecule has 2 heterocycles. The van der Waals surface area contributed by atoms with Gasteiger partial charge in [-0.05, 0) is 6.92 Å². The van der Waals surface area contributed by atoms with Gasteiger partial charge < -0.3 is 9.47 Å². The summed E-state index contributed by atoms with van der Waals surface area (Å²) in [6, 6.07) is 1.76. The summed E-state index contributed by atoms with van der Waals surface area (Å²) >= 11 is 0. The molecule has 0 radical (unpaired) electrons. The fraction of sp³-hybridized carbons (Fsp3) is 0.556. The quantitative estimate of drug-likeness (QED) is 0.694. The van der Waals surface area contributed by atoms with Crippen LogP contribution in [0.2, 0.25) is 0 Å². The van der Waals surface area contributed by atoms with E-state index in [2.05, 4.69) is 9.97 Å². The van der Waals surface area contributed by atoms with Crippen LogP contribution in [0, 0.1) is 6.92 Å². The van der Waals surface area contributed by atoms with Crippen LogP contribution >= 0.6 is 0 Å². The van der Waals surface area contributed by atoms with Crippen LogP contribution in [0.5, 0.6) is 5.88 Å². The standard InChI is InChI=1S/C9H12N2O2/c1-7-10-4-2-9(11-7)13-6-8-3-5-12-8/h2,4,8H,3,5-6H2,1H3. The molecular formula is C9H12N2O2. The fourth-order valence-electron chi connectivity index (χ4n) is 1.11. The SMILES string of the molecule is Cc1nccc(OCC2CCO2)n1. The van der Waals surface area contributed by atoms with Gasteiger partial charge in [0, 0.05) is 25.3 Å². The van der Waals surface area contributed by atoms with Gasteiger partial charge in [-0.2, -0.15) is 4.98 Å². The molecule has 0 N–H and O–H groups in total. The van der Waals surface area contributed by atoms with Crippen molar-refractivity contribution in [3.05, 3.63) is 18.1 Å². The van der Waals surface area contributed by atoms with Crippen LogP contribution in [-0.2, 0) is 4.74 Å². The summed E-state index contributed by atoms with van der Waals surface area (Å²) in [6.07, 6.45) is 3.04. The number of ether oxygens (including phenoxy) is 2. The number of aromatic nitrogens is 2. The first-order valence-electron chi connectivity index (χ1n) is 4.38. The molecule has 1 aromatic heterocycles. The molecule has 0 saturated carbocycles. The Labute approximate surface area is 76.9 Å². The minimum atomic E-state index is 0.260. The van der Waals surface area contributed by atoms with E-state index in [0.29, 0.717) is 12.5 Å². The molecule has 4 heteroatoms. The molecule has 2 rings (SSSR count). The van der Waals surface area contributed by atoms with Crippen molar-refractivity contribution in [2.45, 2.75) is 19.4 Å². The van der Waals surface area contributed by atoms with Crippen molar-refractivity contribution in [3.63, 3.8) is 0 Å². The molecule has 1 atom stereocenters. The molecule has 4 nitrogen and oxygen atoms in total. The summed E-state index contributed by atoms with van der Waals surface area (Å²) in [4.78, 5) is 8.09. The van der Waals surface area contributed by atoms with Crippen LogP contribution in [0.1, 0.15) is 12.2 Å². The van der Waals surface area contributed by atoms with Gasteiger partial charge in [0.15, 0.2) is 0 Å². The highest BCUT2D eigenvalue weighted by molar-refractivity contribution is 5.07. The third-order valence-electron chi connectivity index (χ3n) is 1.96. The highest BCUT2D eigenvalue weighted by Crippen LogP contribution is 2.13. The van der Waals surface area contributed by atoms with Gasteiger partial charge in [0.1, 0.15) is 12.4 Å². The molecule has 0 spiro atoms. The fourth-order valence-corrected chi connectivity index (χ4v) is 1.11. The summed E-state index contributed by atoms with van der Waals surface area (Å²) in [6.45, 7) is 3.29. The van der Waals surface area contributed by atoms with E-state index in [1.54, 1.807) is 12.3 Å². The van der Waals surface area contributed by atoms with Gasteiger partial charge >= 0.3 is 0 Å². The van der Waals surface area contributed by atoms with Crippen molar-refractivity contribution in [1.82, 2.24) is 9.97 Å². The second kappa shape index (κ2) is 3.70. The second-order valence-corrected chi connectivity index (χ2v) is 3.03. The zero-order chi connectivity index (χ0) is 9.10. The van der Waals surface area contributed by atoms with E-state index in [1.165, 1.54) is 0 Å². The van der Waals surface area contributed by atoms with Gasteiger partial charge in [-0.25, -0.2) is 4.98 Å². The van der Waals surface area contributed by atoms with Crippen molar-refractivity contribution >= 4 is 0 Å². The predicted molar refractivity (Wildman–Crippen MR) is 46.6 cm³/mol. The maximum Gasteiger partial charge on any atom is 0.216 e. The molecule has 1 fully saturated rings. The maximum absolute atomic E-state index is 5.41. The van der Waals surface area contributed by atoms with Crippen molar-refractivity contribution in [3.8, 4) is 5.88 Å². The van der Waals surface area contributed by atoms with Gasteiger partial charge in [-0.15, -0.1) is 0 Å². The number of rotatable bonds is 3. The van der Waals surface area contributed by atoms with Crippen molar-refractivity contribution in [2.24, 2.45) is 0 Å². The third-order valence-corrected chi connectivity index (χ3v) is 1.96. The normalized spacial score (nSPS) is 20.8. The van der Waals surface area contributed by atoms with Crippen LogP contribution in [0.25, 0.3) is 0 Å². The van der Waals surface area contributed by atoms with Gasteiger partial charge in [0.05, 0.1) is 6.10 Å². The molecule has 0 bridgehead atoms. The summed E-state index contributed by atoms with van der Waals surface area (Å²) < 4.78 is 10.6. The van der Waals surface area contributed by atoms with E-state index < -0.39 is 0 Å². The van der Waals surface area contributed by atoms with E-state index in [-0.39, 0.29) is 6.10 Å². The summed E-state index contributed by atoms with van der Waals surface area (Å²) in [5.41, 5.74) is 0. The van der Waals surface area contributed by atoms with Gasteiger partial charge in [0.25, 0.3) is 0 Å². The lowest BCUT2D eigenvalue weighted by Gasteiger charge is -2.25. The molecule has 1 saturated heterocycles. The van der Waals surface area contributed by atoms with Crippen LogP contribution < -0.4 is 4.74 Å². The monoisotopic (exact) mass is 180 g/mol. The summed E-state index contributed by atoms with van der Waals surface area (Å²) in [5.74, 6) is 1.36. The first kappa shape index (κ1) is 8.44. The van der Waals surface area contributed by atoms with Crippen molar-refractivity contribution in [2.75, 3.05) is 13.2 Å². The van der Waals surface area contributed by atoms with Gasteiger partial charge in [-0.1, -0.05) is 0 Å². The van der Waals surface area contributed by atoms with Gasteiger partial charge in [0.2, 0.25) is 5.88 Å². The number of aryl methyl sites for hydroxylation is 1. The van der Waals surface area contributed by atoms with Crippen molar-refractivity contribution in [1.29, 1.82) is 0 Å². The molecule has 13 heavy (non-hydrogen) atoms. The Morgan fingerprint density at radius 1 is 1.69 bits per heavy atom. The van der Waals surface area contributed by atoms with Crippen LogP contribution in [0.15, 0.2) is 12.3 Å². The molecule has 0 aromatic carbocycles. The Morgan fingerprint density at radius 2 is 2.54 bits per heavy atom. The third kappa shape index (κ3) is 2.15. The highest BCUT2D eigenvalue weighted by Gasteiger charge is 2.18. The average Bonchev–Trinajstić information content (AvgIpc) is 2.01. The number of nitrogens with zero attached hydrogens (tertiary/aromatic N) is 2. The summed E-state index contributed by atoms with van der Waals surface area (Å²) in [5, 5.41) is 0. The minimum absolute atomic E-state index is 0.260. The van der Waals surface area contributed by atoms with Crippen molar-refractivity contribution < 1.29 is 9.47 Å². The first-order valence-corrected chi connectivity index (χ1v) is 4.38. The zero-order valence-electron chi connectivity index (χ0n) is 7.56. The van der Waals surface area contributed by atoms with Gasteiger partial charge in [-0.3, -0.25) is 0 Å². The molecule has 1 aliphatic rings. The Balaban J connectivity index is 1.86. The maximum atomic E-state index is 5.41. The van der Waals surface area contributed by atoms with E-state index >= 15 is 0 Å². The lowest BCUT2D eigenvalue weighted by molar-refractivity contribution is -0.0727. The number of hydrogen-bond acceptors (Lipinski definition) is 4. The van der Waals surface area contributed by atoms with Crippen LogP contribution in [0.4, 0.5) is 0 Å².